The average Bonchev–Trinajstić information content (AvgIpc) is 3.21. The van der Waals surface area contributed by atoms with Gasteiger partial charge in [-0.05, 0) is 55.6 Å². The lowest BCUT2D eigenvalue weighted by Gasteiger charge is -2.71. The fraction of sp³-hybridized carbons (Fsp3) is 0.500. The molecule has 1 heterocycles. The Balaban J connectivity index is 0.00000259. The molecule has 3 heteroatoms. The van der Waals surface area contributed by atoms with E-state index in [0.717, 1.165) is 36.1 Å². The number of halogens is 1. The molecule has 1 aliphatic heterocycles. The van der Waals surface area contributed by atoms with E-state index in [0.29, 0.717) is 11.3 Å². The summed E-state index contributed by atoms with van der Waals surface area (Å²) >= 11 is 0. The van der Waals surface area contributed by atoms with E-state index < -0.39 is 5.41 Å². The summed E-state index contributed by atoms with van der Waals surface area (Å²) in [7, 11) is 2.54. The number of allylic oxidation sites excluding steroid dienone is 1. The molecule has 2 aromatic carbocycles. The Morgan fingerprint density at radius 3 is 2.21 bits per heavy atom. The first-order valence-corrected chi connectivity index (χ1v) is 12.6. The number of hydrogen-bond donors (Lipinski definition) is 0. The van der Waals surface area contributed by atoms with Gasteiger partial charge in [-0.15, -0.1) is 6.58 Å². The molecule has 174 valence electrons. The van der Waals surface area contributed by atoms with Crippen molar-refractivity contribution in [1.29, 1.82) is 5.26 Å². The number of quaternary nitrogens is 1. The average molecular weight is 506 g/mol. The van der Waals surface area contributed by atoms with Crippen LogP contribution >= 0.6 is 0 Å². The van der Waals surface area contributed by atoms with Crippen molar-refractivity contribution in [3.8, 4) is 6.07 Å². The summed E-state index contributed by atoms with van der Waals surface area (Å²) in [5, 5.41) is 10.6. The van der Waals surface area contributed by atoms with Crippen molar-refractivity contribution in [2.45, 2.75) is 68.9 Å². The molecule has 33 heavy (non-hydrogen) atoms. The van der Waals surface area contributed by atoms with Crippen LogP contribution in [0.2, 0.25) is 0 Å². The van der Waals surface area contributed by atoms with Crippen molar-refractivity contribution in [2.24, 2.45) is 11.3 Å². The van der Waals surface area contributed by atoms with Gasteiger partial charge >= 0.3 is 0 Å². The molecule has 2 saturated carbocycles. The van der Waals surface area contributed by atoms with Crippen molar-refractivity contribution in [3.63, 3.8) is 0 Å². The van der Waals surface area contributed by atoms with Gasteiger partial charge in [-0.1, -0.05) is 66.7 Å². The van der Waals surface area contributed by atoms with E-state index in [1.165, 1.54) is 49.6 Å². The lowest BCUT2D eigenvalue weighted by Crippen LogP contribution is -3.00. The van der Waals surface area contributed by atoms with Gasteiger partial charge in [0.2, 0.25) is 0 Å². The highest BCUT2D eigenvalue weighted by Crippen LogP contribution is 2.70. The SMILES string of the molecule is C=CCCCC[N+]1(C)[C@H]2CCC23CC(CC(C#N)(c2ccccc2)c2ccccc2)C[C@@H]31.[Br-]. The zero-order chi connectivity index (χ0) is 22.2. The number of piperidine rings is 1. The molecule has 0 aromatic heterocycles. The van der Waals surface area contributed by atoms with Crippen LogP contribution in [0.15, 0.2) is 73.3 Å². The van der Waals surface area contributed by atoms with Gasteiger partial charge in [0.15, 0.2) is 0 Å². The number of unbranched alkanes of at least 4 members (excludes halogenated alkanes) is 2. The van der Waals surface area contributed by atoms with Gasteiger partial charge in [-0.25, -0.2) is 0 Å². The predicted octanol–water partition coefficient (Wildman–Crippen LogP) is 3.63. The smallest absolute Gasteiger partial charge is 0.107 e. The fourth-order valence-electron chi connectivity index (χ4n) is 8.09. The van der Waals surface area contributed by atoms with Crippen LogP contribution < -0.4 is 17.0 Å². The Kier molecular flexibility index (Phi) is 6.90. The van der Waals surface area contributed by atoms with E-state index in [4.69, 9.17) is 0 Å². The van der Waals surface area contributed by atoms with Crippen molar-refractivity contribution in [3.05, 3.63) is 84.4 Å². The molecule has 3 fully saturated rings. The quantitative estimate of drug-likeness (QED) is 0.290. The molecule has 2 aromatic rings. The largest absolute Gasteiger partial charge is 1.00 e. The number of nitriles is 1. The van der Waals surface area contributed by atoms with Crippen LogP contribution in [0.1, 0.15) is 62.5 Å². The van der Waals surface area contributed by atoms with Gasteiger partial charge in [0.05, 0.1) is 25.1 Å². The van der Waals surface area contributed by atoms with Gasteiger partial charge in [0.25, 0.3) is 0 Å². The Labute approximate surface area is 210 Å². The summed E-state index contributed by atoms with van der Waals surface area (Å²) < 4.78 is 1.30. The van der Waals surface area contributed by atoms with E-state index in [1.54, 1.807) is 0 Å². The summed E-state index contributed by atoms with van der Waals surface area (Å²) in [5.74, 6) is 0.621. The highest BCUT2D eigenvalue weighted by atomic mass is 79.9. The minimum absolute atomic E-state index is 0. The summed E-state index contributed by atoms with van der Waals surface area (Å²) in [6, 6.07) is 25.6. The van der Waals surface area contributed by atoms with Crippen LogP contribution in [0.4, 0.5) is 0 Å². The number of benzene rings is 2. The molecular weight excluding hydrogens is 468 g/mol. The molecule has 3 aliphatic rings. The number of likely N-dealkylation sites (tertiary alicyclic amines) is 1. The molecule has 0 radical (unpaired) electrons. The van der Waals surface area contributed by atoms with Crippen LogP contribution in [-0.4, -0.2) is 30.2 Å². The Morgan fingerprint density at radius 1 is 1.06 bits per heavy atom. The third kappa shape index (κ3) is 3.71. The van der Waals surface area contributed by atoms with Crippen LogP contribution in [0.3, 0.4) is 0 Å². The molecule has 5 rings (SSSR count). The third-order valence-corrected chi connectivity index (χ3v) is 9.48. The second-order valence-corrected chi connectivity index (χ2v) is 10.9. The van der Waals surface area contributed by atoms with E-state index >= 15 is 0 Å². The van der Waals surface area contributed by atoms with Gasteiger partial charge in [-0.3, -0.25) is 0 Å². The summed E-state index contributed by atoms with van der Waals surface area (Å²) in [6.07, 6.45) is 12.2. The zero-order valence-corrected chi connectivity index (χ0v) is 21.5. The predicted molar refractivity (Wildman–Crippen MR) is 131 cm³/mol. The van der Waals surface area contributed by atoms with E-state index in [2.05, 4.69) is 86.4 Å². The number of hydrogen-bond acceptors (Lipinski definition) is 1. The van der Waals surface area contributed by atoms with Gasteiger partial charge in [-0.2, -0.15) is 5.26 Å². The molecule has 5 atom stereocenters. The molecular formula is C30H37BrN2. The second kappa shape index (κ2) is 9.40. The Hall–Kier alpha value is -1.89. The number of nitrogens with zero attached hydrogens (tertiary/aromatic N) is 2. The molecule has 0 amide bonds. The van der Waals surface area contributed by atoms with E-state index in [1.807, 2.05) is 0 Å². The zero-order valence-electron chi connectivity index (χ0n) is 19.9. The molecule has 2 aliphatic carbocycles. The summed E-state index contributed by atoms with van der Waals surface area (Å²) in [6.45, 7) is 5.21. The third-order valence-electron chi connectivity index (χ3n) is 9.48. The highest BCUT2D eigenvalue weighted by Gasteiger charge is 2.77. The molecule has 2 nitrogen and oxygen atoms in total. The first kappa shape index (κ1) is 24.2. The Bertz CT molecular complexity index is 957. The summed E-state index contributed by atoms with van der Waals surface area (Å²) in [5.41, 5.74) is 2.32. The lowest BCUT2D eigenvalue weighted by molar-refractivity contribution is -1.03. The van der Waals surface area contributed by atoms with Crippen molar-refractivity contribution in [1.82, 2.24) is 0 Å². The first-order chi connectivity index (χ1) is 15.6. The Morgan fingerprint density at radius 2 is 1.70 bits per heavy atom. The van der Waals surface area contributed by atoms with Gasteiger partial charge < -0.3 is 21.5 Å². The van der Waals surface area contributed by atoms with Crippen LogP contribution in [0.5, 0.6) is 0 Å². The van der Waals surface area contributed by atoms with Gasteiger partial charge in [0, 0.05) is 12.8 Å². The van der Waals surface area contributed by atoms with Crippen LogP contribution in [0.25, 0.3) is 0 Å². The maximum atomic E-state index is 10.6. The van der Waals surface area contributed by atoms with E-state index in [-0.39, 0.29) is 17.0 Å². The first-order valence-electron chi connectivity index (χ1n) is 12.6. The molecule has 1 spiro atoms. The van der Waals surface area contributed by atoms with Crippen molar-refractivity contribution < 1.29 is 21.5 Å². The van der Waals surface area contributed by atoms with E-state index in [9.17, 15) is 5.26 Å². The van der Waals surface area contributed by atoms with Crippen LogP contribution in [0, 0.1) is 22.7 Å². The van der Waals surface area contributed by atoms with Crippen LogP contribution in [-0.2, 0) is 5.41 Å². The highest BCUT2D eigenvalue weighted by molar-refractivity contribution is 5.46. The lowest BCUT2D eigenvalue weighted by atomic mass is 9.51. The minimum atomic E-state index is -0.555. The molecule has 1 saturated heterocycles. The topological polar surface area (TPSA) is 23.8 Å². The monoisotopic (exact) mass is 504 g/mol. The normalized spacial score (nSPS) is 31.7. The minimum Gasteiger partial charge on any atom is -1.00 e. The molecule has 0 N–H and O–H groups in total. The van der Waals surface area contributed by atoms with Crippen molar-refractivity contribution in [2.75, 3.05) is 13.6 Å². The second-order valence-electron chi connectivity index (χ2n) is 10.9. The molecule has 0 bridgehead atoms. The summed E-state index contributed by atoms with van der Waals surface area (Å²) in [4.78, 5) is 0. The van der Waals surface area contributed by atoms with Gasteiger partial charge in [0.1, 0.15) is 17.5 Å². The maximum absolute atomic E-state index is 10.6. The molecule has 3 unspecified atom stereocenters. The fourth-order valence-corrected chi connectivity index (χ4v) is 8.09. The number of rotatable bonds is 9. The maximum Gasteiger partial charge on any atom is 0.107 e. The van der Waals surface area contributed by atoms with Crippen molar-refractivity contribution >= 4 is 0 Å². The standard InChI is InChI=1S/C30H37N2.BrH/c1-3-4-5-12-19-32(2)27-17-18-29(27)21-24(20-28(29)32)22-30(23-31,25-13-8-6-9-14-25)26-15-10-7-11-16-26;/h3,6-11,13-16,24,27-28H,1,4-5,12,17-22H2,2H3;1H/q+1;/p-1/t24?,27-,28-,29?,32?;/m0./s1.